The standard InChI is InChI=1S/C10H5F4N3O3/c11-6-7(18)16-9(20)17(8(6)19)4-1-2-5(15-3-4)10(12,13)14/h1-3,19H,(H,16,18,20). The summed E-state index contributed by atoms with van der Waals surface area (Å²) in [6.45, 7) is 0. The summed E-state index contributed by atoms with van der Waals surface area (Å²) in [7, 11) is 0. The van der Waals surface area contributed by atoms with Crippen LogP contribution < -0.4 is 11.2 Å². The van der Waals surface area contributed by atoms with Crippen molar-refractivity contribution >= 4 is 0 Å². The minimum Gasteiger partial charge on any atom is -0.492 e. The van der Waals surface area contributed by atoms with Gasteiger partial charge in [0, 0.05) is 0 Å². The van der Waals surface area contributed by atoms with Crippen molar-refractivity contribution < 1.29 is 22.7 Å². The van der Waals surface area contributed by atoms with E-state index in [1.165, 1.54) is 0 Å². The third-order valence-corrected chi connectivity index (χ3v) is 2.33. The van der Waals surface area contributed by atoms with E-state index in [1.807, 2.05) is 0 Å². The SMILES string of the molecule is O=c1[nH]c(=O)n(-c2ccc(C(F)(F)F)nc2)c(O)c1F. The average molecular weight is 291 g/mol. The van der Waals surface area contributed by atoms with Crippen molar-refractivity contribution in [3.63, 3.8) is 0 Å². The Morgan fingerprint density at radius 1 is 1.25 bits per heavy atom. The molecule has 0 fully saturated rings. The third kappa shape index (κ3) is 2.27. The smallest absolute Gasteiger partial charge is 0.433 e. The Kier molecular flexibility index (Phi) is 3.08. The molecular weight excluding hydrogens is 286 g/mol. The molecule has 2 rings (SSSR count). The Morgan fingerprint density at radius 2 is 1.90 bits per heavy atom. The van der Waals surface area contributed by atoms with Gasteiger partial charge in [0.1, 0.15) is 5.69 Å². The Labute approximate surface area is 107 Å². The molecule has 2 aromatic rings. The second kappa shape index (κ2) is 4.47. The van der Waals surface area contributed by atoms with Gasteiger partial charge in [0.05, 0.1) is 11.9 Å². The normalized spacial score (nSPS) is 11.6. The van der Waals surface area contributed by atoms with Crippen LogP contribution >= 0.6 is 0 Å². The van der Waals surface area contributed by atoms with E-state index in [0.29, 0.717) is 12.3 Å². The number of pyridine rings is 1. The number of halogens is 4. The molecule has 0 saturated heterocycles. The number of aromatic hydroxyl groups is 1. The number of aromatic amines is 1. The number of hydrogen-bond donors (Lipinski definition) is 2. The molecular formula is C10H5F4N3O3. The fourth-order valence-electron chi connectivity index (χ4n) is 1.43. The highest BCUT2D eigenvalue weighted by molar-refractivity contribution is 5.34. The molecule has 0 aliphatic carbocycles. The van der Waals surface area contributed by atoms with Gasteiger partial charge < -0.3 is 5.11 Å². The van der Waals surface area contributed by atoms with Crippen LogP contribution in [0.25, 0.3) is 5.69 Å². The molecule has 0 unspecified atom stereocenters. The van der Waals surface area contributed by atoms with E-state index >= 15 is 0 Å². The van der Waals surface area contributed by atoms with E-state index in [2.05, 4.69) is 4.98 Å². The molecule has 2 aromatic heterocycles. The maximum atomic E-state index is 13.2. The lowest BCUT2D eigenvalue weighted by Crippen LogP contribution is -2.31. The lowest BCUT2D eigenvalue weighted by molar-refractivity contribution is -0.141. The Morgan fingerprint density at radius 3 is 2.40 bits per heavy atom. The summed E-state index contributed by atoms with van der Waals surface area (Å²) < 4.78 is 50.4. The number of aromatic nitrogens is 3. The summed E-state index contributed by atoms with van der Waals surface area (Å²) in [6.07, 6.45) is -4.07. The monoisotopic (exact) mass is 291 g/mol. The molecule has 0 amide bonds. The second-order valence-electron chi connectivity index (χ2n) is 3.63. The number of alkyl halides is 3. The molecule has 6 nitrogen and oxygen atoms in total. The highest BCUT2D eigenvalue weighted by atomic mass is 19.4. The quantitative estimate of drug-likeness (QED) is 0.760. The maximum absolute atomic E-state index is 13.2. The number of H-pyrrole nitrogens is 1. The van der Waals surface area contributed by atoms with E-state index in [9.17, 15) is 32.3 Å². The van der Waals surface area contributed by atoms with Gasteiger partial charge in [0.15, 0.2) is 0 Å². The summed E-state index contributed by atoms with van der Waals surface area (Å²) in [5, 5.41) is 9.36. The lowest BCUT2D eigenvalue weighted by atomic mass is 10.3. The van der Waals surface area contributed by atoms with Crippen molar-refractivity contribution in [2.75, 3.05) is 0 Å². The molecule has 20 heavy (non-hydrogen) atoms. The van der Waals surface area contributed by atoms with Gasteiger partial charge in [0.2, 0.25) is 11.7 Å². The van der Waals surface area contributed by atoms with Crippen LogP contribution in [-0.4, -0.2) is 19.6 Å². The van der Waals surface area contributed by atoms with E-state index in [-0.39, 0.29) is 10.3 Å². The average Bonchev–Trinajstić information content (AvgIpc) is 2.36. The third-order valence-electron chi connectivity index (χ3n) is 2.33. The van der Waals surface area contributed by atoms with Crippen LogP contribution in [0, 0.1) is 5.82 Å². The number of rotatable bonds is 1. The van der Waals surface area contributed by atoms with Crippen molar-refractivity contribution in [1.82, 2.24) is 14.5 Å². The summed E-state index contributed by atoms with van der Waals surface area (Å²) in [5.41, 5.74) is -4.21. The van der Waals surface area contributed by atoms with E-state index in [4.69, 9.17) is 0 Å². The summed E-state index contributed by atoms with van der Waals surface area (Å²) in [4.78, 5) is 26.9. The first kappa shape index (κ1) is 13.8. The van der Waals surface area contributed by atoms with Gasteiger partial charge in [-0.2, -0.15) is 17.6 Å². The van der Waals surface area contributed by atoms with Gasteiger partial charge in [-0.3, -0.25) is 9.78 Å². The van der Waals surface area contributed by atoms with Crippen molar-refractivity contribution in [3.8, 4) is 11.6 Å². The van der Waals surface area contributed by atoms with Crippen molar-refractivity contribution in [1.29, 1.82) is 0 Å². The van der Waals surface area contributed by atoms with E-state index in [0.717, 1.165) is 6.07 Å². The molecule has 10 heteroatoms. The fourth-order valence-corrected chi connectivity index (χ4v) is 1.43. The Balaban J connectivity index is 2.62. The molecule has 0 aliphatic heterocycles. The number of nitrogens with one attached hydrogen (secondary N) is 1. The van der Waals surface area contributed by atoms with Crippen LogP contribution in [0.4, 0.5) is 17.6 Å². The van der Waals surface area contributed by atoms with Crippen LogP contribution in [0.3, 0.4) is 0 Å². The predicted octanol–water partition coefficient (Wildman–Crippen LogP) is 0.784. The van der Waals surface area contributed by atoms with Crippen LogP contribution in [0.15, 0.2) is 27.9 Å². The van der Waals surface area contributed by atoms with Gasteiger partial charge >= 0.3 is 11.9 Å². The molecule has 0 spiro atoms. The number of hydrogen-bond acceptors (Lipinski definition) is 4. The number of nitrogens with zero attached hydrogens (tertiary/aromatic N) is 2. The van der Waals surface area contributed by atoms with Gasteiger partial charge in [-0.15, -0.1) is 0 Å². The topological polar surface area (TPSA) is 88.0 Å². The molecule has 2 N–H and O–H groups in total. The molecule has 0 bridgehead atoms. The Hall–Kier alpha value is -2.65. The van der Waals surface area contributed by atoms with Crippen LogP contribution in [0.1, 0.15) is 5.69 Å². The fraction of sp³-hybridized carbons (Fsp3) is 0.100. The summed E-state index contributed by atoms with van der Waals surface area (Å²) >= 11 is 0. The predicted molar refractivity (Wildman–Crippen MR) is 57.1 cm³/mol. The van der Waals surface area contributed by atoms with Gasteiger partial charge in [0.25, 0.3) is 5.56 Å². The molecule has 0 aromatic carbocycles. The zero-order valence-electron chi connectivity index (χ0n) is 9.40. The first-order chi connectivity index (χ1) is 9.21. The highest BCUT2D eigenvalue weighted by Gasteiger charge is 2.32. The largest absolute Gasteiger partial charge is 0.492 e. The second-order valence-corrected chi connectivity index (χ2v) is 3.63. The molecule has 0 atom stereocenters. The van der Waals surface area contributed by atoms with E-state index < -0.39 is 34.8 Å². The van der Waals surface area contributed by atoms with Crippen molar-refractivity contribution in [2.45, 2.75) is 6.18 Å². The molecule has 0 aliphatic rings. The molecule has 0 saturated carbocycles. The van der Waals surface area contributed by atoms with Crippen LogP contribution in [0.2, 0.25) is 0 Å². The highest BCUT2D eigenvalue weighted by Crippen LogP contribution is 2.27. The minimum absolute atomic E-state index is 0.282. The maximum Gasteiger partial charge on any atom is 0.433 e. The van der Waals surface area contributed by atoms with Crippen molar-refractivity contribution in [2.24, 2.45) is 0 Å². The first-order valence-electron chi connectivity index (χ1n) is 4.99. The Bertz CT molecular complexity index is 761. The van der Waals surface area contributed by atoms with Gasteiger partial charge in [-0.05, 0) is 12.1 Å². The van der Waals surface area contributed by atoms with Crippen molar-refractivity contribution in [3.05, 3.63) is 50.7 Å². The van der Waals surface area contributed by atoms with Crippen LogP contribution in [-0.2, 0) is 6.18 Å². The lowest BCUT2D eigenvalue weighted by Gasteiger charge is -2.09. The summed E-state index contributed by atoms with van der Waals surface area (Å²) in [5.74, 6) is -2.95. The molecule has 2 heterocycles. The molecule has 106 valence electrons. The van der Waals surface area contributed by atoms with E-state index in [1.54, 1.807) is 4.98 Å². The summed E-state index contributed by atoms with van der Waals surface area (Å²) in [6, 6.07) is 1.35. The van der Waals surface area contributed by atoms with Gasteiger partial charge in [-0.25, -0.2) is 14.3 Å². The zero-order valence-corrected chi connectivity index (χ0v) is 9.40. The van der Waals surface area contributed by atoms with Gasteiger partial charge in [-0.1, -0.05) is 0 Å². The zero-order chi connectivity index (χ0) is 15.1. The minimum atomic E-state index is -4.68. The van der Waals surface area contributed by atoms with Crippen LogP contribution in [0.5, 0.6) is 5.88 Å². The first-order valence-corrected chi connectivity index (χ1v) is 4.99. The molecule has 0 radical (unpaired) electrons.